The molecular formula is C21H22N4O3S. The van der Waals surface area contributed by atoms with Crippen LogP contribution in [0.15, 0.2) is 65.8 Å². The Balaban J connectivity index is 1.88. The number of carbonyl (C=O) groups is 1. The van der Waals surface area contributed by atoms with Crippen LogP contribution in [0.1, 0.15) is 29.8 Å². The first kappa shape index (κ1) is 20.5. The lowest BCUT2D eigenvalue weighted by Gasteiger charge is -2.28. The standard InChI is InChI=1S/C21H22N4O3S/c1-21(2,17-9-4-5-10-18(17)29(3,27)28)25-20-23-12-16(13-24-20)14-7-6-8-15(11-14)19(22)26/h4-13H,1-3H3,(H2,22,26)(H,23,24,25). The van der Waals surface area contributed by atoms with Crippen molar-refractivity contribution < 1.29 is 13.2 Å². The number of carbonyl (C=O) groups excluding carboxylic acids is 1. The number of nitrogens with one attached hydrogen (secondary N) is 1. The molecule has 0 saturated heterocycles. The van der Waals surface area contributed by atoms with Gasteiger partial charge in [-0.1, -0.05) is 30.3 Å². The minimum atomic E-state index is -3.38. The topological polar surface area (TPSA) is 115 Å². The van der Waals surface area contributed by atoms with Gasteiger partial charge in [0.05, 0.1) is 10.4 Å². The van der Waals surface area contributed by atoms with Gasteiger partial charge >= 0.3 is 0 Å². The lowest BCUT2D eigenvalue weighted by atomic mass is 9.94. The van der Waals surface area contributed by atoms with Crippen molar-refractivity contribution in [3.8, 4) is 11.1 Å². The molecule has 0 atom stereocenters. The third-order valence-corrected chi connectivity index (χ3v) is 5.67. The first-order valence-corrected chi connectivity index (χ1v) is 10.8. The molecular weight excluding hydrogens is 388 g/mol. The van der Waals surface area contributed by atoms with E-state index in [1.165, 1.54) is 6.26 Å². The number of anilines is 1. The predicted molar refractivity (Wildman–Crippen MR) is 112 cm³/mol. The maximum absolute atomic E-state index is 12.1. The van der Waals surface area contributed by atoms with Crippen LogP contribution in [-0.2, 0) is 15.4 Å². The Morgan fingerprint density at radius 3 is 2.28 bits per heavy atom. The number of sulfone groups is 1. The van der Waals surface area contributed by atoms with Crippen molar-refractivity contribution in [2.75, 3.05) is 11.6 Å². The van der Waals surface area contributed by atoms with E-state index in [9.17, 15) is 13.2 Å². The Morgan fingerprint density at radius 1 is 1.00 bits per heavy atom. The number of aromatic nitrogens is 2. The number of nitrogens with two attached hydrogens (primary N) is 1. The van der Waals surface area contributed by atoms with Crippen molar-refractivity contribution in [2.45, 2.75) is 24.3 Å². The van der Waals surface area contributed by atoms with Crippen LogP contribution in [0.3, 0.4) is 0 Å². The van der Waals surface area contributed by atoms with Gasteiger partial charge in [0.15, 0.2) is 9.84 Å². The molecule has 0 spiro atoms. The largest absolute Gasteiger partial charge is 0.366 e. The molecule has 0 fully saturated rings. The lowest BCUT2D eigenvalue weighted by Crippen LogP contribution is -2.30. The summed E-state index contributed by atoms with van der Waals surface area (Å²) in [5.74, 6) is -0.148. The van der Waals surface area contributed by atoms with Crippen LogP contribution in [0.4, 0.5) is 5.95 Å². The third kappa shape index (κ3) is 4.60. The number of hydrogen-bond donors (Lipinski definition) is 2. The minimum absolute atomic E-state index is 0.261. The zero-order valence-corrected chi connectivity index (χ0v) is 17.2. The van der Waals surface area contributed by atoms with Crippen molar-refractivity contribution >= 4 is 21.7 Å². The second-order valence-electron chi connectivity index (χ2n) is 7.26. The van der Waals surface area contributed by atoms with Crippen LogP contribution in [-0.4, -0.2) is 30.5 Å². The molecule has 1 heterocycles. The van der Waals surface area contributed by atoms with Crippen molar-refractivity contribution in [3.63, 3.8) is 0 Å². The molecule has 29 heavy (non-hydrogen) atoms. The zero-order valence-electron chi connectivity index (χ0n) is 16.4. The van der Waals surface area contributed by atoms with Crippen LogP contribution in [0.25, 0.3) is 11.1 Å². The molecule has 0 aliphatic rings. The summed E-state index contributed by atoms with van der Waals surface area (Å²) in [6.07, 6.45) is 4.45. The van der Waals surface area contributed by atoms with Gasteiger partial charge in [-0.05, 0) is 43.2 Å². The number of primary amides is 1. The summed E-state index contributed by atoms with van der Waals surface area (Å²) in [5.41, 5.74) is 7.14. The normalized spacial score (nSPS) is 11.8. The zero-order chi connectivity index (χ0) is 21.2. The number of rotatable bonds is 6. The molecule has 8 heteroatoms. The molecule has 1 aromatic heterocycles. The van der Waals surface area contributed by atoms with E-state index in [2.05, 4.69) is 15.3 Å². The highest BCUT2D eigenvalue weighted by molar-refractivity contribution is 7.90. The molecule has 1 amide bonds. The Kier molecular flexibility index (Phi) is 5.39. The summed E-state index contributed by atoms with van der Waals surface area (Å²) in [6, 6.07) is 13.8. The molecule has 2 aromatic carbocycles. The van der Waals surface area contributed by atoms with E-state index in [4.69, 9.17) is 5.73 Å². The van der Waals surface area contributed by atoms with Crippen LogP contribution >= 0.6 is 0 Å². The van der Waals surface area contributed by atoms with Crippen molar-refractivity contribution in [1.82, 2.24) is 9.97 Å². The second-order valence-corrected chi connectivity index (χ2v) is 9.24. The number of amides is 1. The minimum Gasteiger partial charge on any atom is -0.366 e. The molecule has 0 aliphatic heterocycles. The molecule has 3 rings (SSSR count). The fourth-order valence-electron chi connectivity index (χ4n) is 3.05. The first-order chi connectivity index (χ1) is 13.6. The quantitative estimate of drug-likeness (QED) is 0.645. The van der Waals surface area contributed by atoms with Crippen LogP contribution in [0.5, 0.6) is 0 Å². The van der Waals surface area contributed by atoms with Crippen molar-refractivity contribution in [2.24, 2.45) is 5.73 Å². The van der Waals surface area contributed by atoms with E-state index in [0.717, 1.165) is 11.1 Å². The molecule has 0 unspecified atom stereocenters. The molecule has 7 nitrogen and oxygen atoms in total. The molecule has 3 aromatic rings. The van der Waals surface area contributed by atoms with E-state index < -0.39 is 21.3 Å². The fraction of sp³-hybridized carbons (Fsp3) is 0.190. The van der Waals surface area contributed by atoms with Gasteiger partial charge in [-0.2, -0.15) is 0 Å². The highest BCUT2D eigenvalue weighted by Gasteiger charge is 2.27. The highest BCUT2D eigenvalue weighted by Crippen LogP contribution is 2.30. The van der Waals surface area contributed by atoms with Crippen molar-refractivity contribution in [3.05, 3.63) is 72.1 Å². The molecule has 0 saturated carbocycles. The average molecular weight is 410 g/mol. The maximum Gasteiger partial charge on any atom is 0.248 e. The number of benzene rings is 2. The summed E-state index contributed by atoms with van der Waals surface area (Å²) >= 11 is 0. The van der Waals surface area contributed by atoms with Gasteiger partial charge in [0.1, 0.15) is 0 Å². The maximum atomic E-state index is 12.1. The molecule has 0 aliphatic carbocycles. The van der Waals surface area contributed by atoms with E-state index in [1.54, 1.807) is 54.9 Å². The van der Waals surface area contributed by atoms with Crippen LogP contribution < -0.4 is 11.1 Å². The molecule has 3 N–H and O–H groups in total. The summed E-state index contributed by atoms with van der Waals surface area (Å²) in [5, 5.41) is 3.19. The van der Waals surface area contributed by atoms with Crippen molar-refractivity contribution in [1.29, 1.82) is 0 Å². The highest BCUT2D eigenvalue weighted by atomic mass is 32.2. The van der Waals surface area contributed by atoms with Crippen LogP contribution in [0, 0.1) is 0 Å². The molecule has 0 radical (unpaired) electrons. The summed E-state index contributed by atoms with van der Waals surface area (Å²) in [7, 11) is -3.38. The summed E-state index contributed by atoms with van der Waals surface area (Å²) in [4.78, 5) is 20.3. The van der Waals surface area contributed by atoms with Gasteiger partial charge in [-0.25, -0.2) is 18.4 Å². The van der Waals surface area contributed by atoms with E-state index in [1.807, 2.05) is 19.9 Å². The van der Waals surface area contributed by atoms with E-state index >= 15 is 0 Å². The third-order valence-electron chi connectivity index (χ3n) is 4.52. The predicted octanol–water partition coefficient (Wildman–Crippen LogP) is 2.99. The Morgan fingerprint density at radius 2 is 1.66 bits per heavy atom. The first-order valence-electron chi connectivity index (χ1n) is 8.88. The monoisotopic (exact) mass is 410 g/mol. The summed E-state index contributed by atoms with van der Waals surface area (Å²) < 4.78 is 24.3. The van der Waals surface area contributed by atoms with Gasteiger partial charge in [-0.3, -0.25) is 4.79 Å². The van der Waals surface area contributed by atoms with Gasteiger partial charge in [0, 0.05) is 29.8 Å². The van der Waals surface area contributed by atoms with Gasteiger partial charge < -0.3 is 11.1 Å². The fourth-order valence-corrected chi connectivity index (χ4v) is 4.10. The number of hydrogen-bond acceptors (Lipinski definition) is 6. The van der Waals surface area contributed by atoms with E-state index in [0.29, 0.717) is 17.1 Å². The summed E-state index contributed by atoms with van der Waals surface area (Å²) in [6.45, 7) is 3.73. The van der Waals surface area contributed by atoms with E-state index in [-0.39, 0.29) is 4.90 Å². The Bertz CT molecular complexity index is 1160. The molecule has 0 bridgehead atoms. The van der Waals surface area contributed by atoms with Gasteiger partial charge in [0.2, 0.25) is 11.9 Å². The van der Waals surface area contributed by atoms with Gasteiger partial charge in [-0.15, -0.1) is 0 Å². The number of nitrogens with zero attached hydrogens (tertiary/aromatic N) is 2. The van der Waals surface area contributed by atoms with Crippen LogP contribution in [0.2, 0.25) is 0 Å². The Labute approximate surface area is 169 Å². The Hall–Kier alpha value is -3.26. The SMILES string of the molecule is CC(C)(Nc1ncc(-c2cccc(C(N)=O)c2)cn1)c1ccccc1S(C)(=O)=O. The average Bonchev–Trinajstić information content (AvgIpc) is 2.68. The smallest absolute Gasteiger partial charge is 0.248 e. The lowest BCUT2D eigenvalue weighted by molar-refractivity contribution is 0.100. The molecule has 150 valence electrons. The van der Waals surface area contributed by atoms with Gasteiger partial charge in [0.25, 0.3) is 0 Å². The second kappa shape index (κ2) is 7.63.